The van der Waals surface area contributed by atoms with E-state index < -0.39 is 0 Å². The minimum atomic E-state index is -0.121. The lowest BCUT2D eigenvalue weighted by Gasteiger charge is -2.25. The van der Waals surface area contributed by atoms with Gasteiger partial charge in [-0.25, -0.2) is 4.39 Å². The maximum absolute atomic E-state index is 14.2. The third-order valence-electron chi connectivity index (χ3n) is 5.31. The summed E-state index contributed by atoms with van der Waals surface area (Å²) in [6.07, 6.45) is 5.90. The standard InChI is InChI=1S/C20H29FN6.HI/c1-22-19(23-12-18(26(2)3)15-11-25-27(4)13-15)24-14-20(9-10-20)16-7-5-6-8-17(16)21;/h5-8,11,13,18H,9-10,12,14H2,1-4H3,(H2,22,23,24);1H. The molecule has 0 saturated heterocycles. The van der Waals surface area contributed by atoms with Crippen molar-refractivity contribution in [3.05, 3.63) is 53.6 Å². The average molecular weight is 500 g/mol. The molecule has 0 radical (unpaired) electrons. The zero-order valence-electron chi connectivity index (χ0n) is 16.9. The van der Waals surface area contributed by atoms with Crippen LogP contribution in [0, 0.1) is 5.82 Å². The van der Waals surface area contributed by atoms with E-state index >= 15 is 0 Å². The molecule has 1 aromatic carbocycles. The molecule has 2 N–H and O–H groups in total. The molecule has 1 saturated carbocycles. The first-order chi connectivity index (χ1) is 12.9. The lowest BCUT2D eigenvalue weighted by atomic mass is 9.95. The van der Waals surface area contributed by atoms with Gasteiger partial charge in [-0.1, -0.05) is 18.2 Å². The Balaban J connectivity index is 0.00000280. The van der Waals surface area contributed by atoms with Crippen molar-refractivity contribution in [2.75, 3.05) is 34.2 Å². The number of aliphatic imine (C=N–C) groups is 1. The van der Waals surface area contributed by atoms with Gasteiger partial charge in [0.05, 0.1) is 12.2 Å². The Morgan fingerprint density at radius 2 is 2.04 bits per heavy atom. The van der Waals surface area contributed by atoms with Gasteiger partial charge in [-0.15, -0.1) is 24.0 Å². The van der Waals surface area contributed by atoms with Gasteiger partial charge in [-0.05, 0) is 38.6 Å². The predicted molar refractivity (Wildman–Crippen MR) is 122 cm³/mol. The molecule has 0 bridgehead atoms. The van der Waals surface area contributed by atoms with E-state index in [1.165, 1.54) is 6.07 Å². The molecule has 1 unspecified atom stereocenters. The van der Waals surface area contributed by atoms with Gasteiger partial charge in [0.2, 0.25) is 0 Å². The van der Waals surface area contributed by atoms with Gasteiger partial charge < -0.3 is 15.5 Å². The minimum Gasteiger partial charge on any atom is -0.356 e. The van der Waals surface area contributed by atoms with Crippen LogP contribution in [0.1, 0.15) is 30.0 Å². The summed E-state index contributed by atoms with van der Waals surface area (Å²) in [5, 5.41) is 11.0. The number of rotatable bonds is 7. The summed E-state index contributed by atoms with van der Waals surface area (Å²) in [7, 11) is 7.77. The van der Waals surface area contributed by atoms with Gasteiger partial charge in [-0.3, -0.25) is 9.67 Å². The summed E-state index contributed by atoms with van der Waals surface area (Å²) in [6, 6.07) is 7.26. The number of aryl methyl sites for hydroxylation is 1. The maximum Gasteiger partial charge on any atom is 0.191 e. The molecule has 1 fully saturated rings. The van der Waals surface area contributed by atoms with Crippen molar-refractivity contribution in [1.29, 1.82) is 0 Å². The van der Waals surface area contributed by atoms with Crippen LogP contribution in [0.2, 0.25) is 0 Å². The van der Waals surface area contributed by atoms with Gasteiger partial charge in [0.25, 0.3) is 0 Å². The summed E-state index contributed by atoms with van der Waals surface area (Å²) in [5.41, 5.74) is 1.83. The number of likely N-dealkylation sites (N-methyl/N-ethyl adjacent to an activating group) is 1. The molecule has 28 heavy (non-hydrogen) atoms. The Hall–Kier alpha value is -1.68. The zero-order chi connectivity index (χ0) is 19.4. The zero-order valence-corrected chi connectivity index (χ0v) is 19.3. The Morgan fingerprint density at radius 1 is 1.32 bits per heavy atom. The van der Waals surface area contributed by atoms with E-state index in [0.29, 0.717) is 13.1 Å². The Kier molecular flexibility index (Phi) is 7.82. The molecule has 154 valence electrons. The second kappa shape index (κ2) is 9.69. The van der Waals surface area contributed by atoms with Crippen LogP contribution < -0.4 is 10.6 Å². The summed E-state index contributed by atoms with van der Waals surface area (Å²) in [6.45, 7) is 1.37. The lowest BCUT2D eigenvalue weighted by molar-refractivity contribution is 0.298. The SMILES string of the molecule is CN=C(NCC(c1cnn(C)c1)N(C)C)NCC1(c2ccccc2F)CC1.I. The van der Waals surface area contributed by atoms with E-state index in [2.05, 4.69) is 25.6 Å². The fourth-order valence-corrected chi connectivity index (χ4v) is 3.46. The largest absolute Gasteiger partial charge is 0.356 e. The monoisotopic (exact) mass is 500 g/mol. The van der Waals surface area contributed by atoms with Crippen LogP contribution in [0.4, 0.5) is 4.39 Å². The minimum absolute atomic E-state index is 0. The second-order valence-electron chi connectivity index (χ2n) is 7.49. The van der Waals surface area contributed by atoms with Crippen LogP contribution in [-0.2, 0) is 12.5 Å². The molecule has 8 heteroatoms. The third kappa shape index (κ3) is 5.22. The van der Waals surface area contributed by atoms with Crippen molar-refractivity contribution in [1.82, 2.24) is 25.3 Å². The number of guanidine groups is 1. The third-order valence-corrected chi connectivity index (χ3v) is 5.31. The van der Waals surface area contributed by atoms with Crippen LogP contribution in [0.3, 0.4) is 0 Å². The topological polar surface area (TPSA) is 57.5 Å². The van der Waals surface area contributed by atoms with Crippen LogP contribution >= 0.6 is 24.0 Å². The van der Waals surface area contributed by atoms with Crippen molar-refractivity contribution < 1.29 is 4.39 Å². The summed E-state index contributed by atoms with van der Waals surface area (Å²) < 4.78 is 16.0. The van der Waals surface area contributed by atoms with E-state index in [1.807, 2.05) is 50.4 Å². The molecule has 0 spiro atoms. The van der Waals surface area contributed by atoms with Crippen molar-refractivity contribution in [2.45, 2.75) is 24.3 Å². The first kappa shape index (κ1) is 22.6. The molecule has 0 aliphatic heterocycles. The Morgan fingerprint density at radius 3 is 2.57 bits per heavy atom. The molecule has 1 aromatic heterocycles. The van der Waals surface area contributed by atoms with Gasteiger partial charge >= 0.3 is 0 Å². The highest BCUT2D eigenvalue weighted by atomic mass is 127. The maximum atomic E-state index is 14.2. The Bertz CT molecular complexity index is 799. The number of halogens is 2. The number of hydrogen-bond donors (Lipinski definition) is 2. The van der Waals surface area contributed by atoms with Gasteiger partial charge in [0.1, 0.15) is 5.82 Å². The lowest BCUT2D eigenvalue weighted by Crippen LogP contribution is -2.44. The number of hydrogen-bond acceptors (Lipinski definition) is 3. The molecule has 1 atom stereocenters. The fourth-order valence-electron chi connectivity index (χ4n) is 3.46. The predicted octanol–water partition coefficient (Wildman–Crippen LogP) is 2.68. The van der Waals surface area contributed by atoms with Crippen LogP contribution in [-0.4, -0.2) is 54.9 Å². The molecule has 3 rings (SSSR count). The van der Waals surface area contributed by atoms with Crippen LogP contribution in [0.25, 0.3) is 0 Å². The molecule has 1 heterocycles. The smallest absolute Gasteiger partial charge is 0.191 e. The average Bonchev–Trinajstić information content (AvgIpc) is 3.31. The molecule has 2 aromatic rings. The van der Waals surface area contributed by atoms with E-state index in [1.54, 1.807) is 13.1 Å². The number of nitrogens with zero attached hydrogens (tertiary/aromatic N) is 4. The van der Waals surface area contributed by atoms with Crippen LogP contribution in [0.15, 0.2) is 41.7 Å². The number of nitrogens with one attached hydrogen (secondary N) is 2. The molecule has 1 aliphatic carbocycles. The summed E-state index contributed by atoms with van der Waals surface area (Å²) in [4.78, 5) is 6.48. The number of benzene rings is 1. The van der Waals surface area contributed by atoms with Crippen molar-refractivity contribution in [3.8, 4) is 0 Å². The molecular weight excluding hydrogens is 470 g/mol. The van der Waals surface area contributed by atoms with E-state index in [-0.39, 0.29) is 41.3 Å². The van der Waals surface area contributed by atoms with Gasteiger partial charge in [0, 0.05) is 44.4 Å². The quantitative estimate of drug-likeness (QED) is 0.349. The van der Waals surface area contributed by atoms with Gasteiger partial charge in [0.15, 0.2) is 5.96 Å². The molecule has 0 amide bonds. The van der Waals surface area contributed by atoms with Crippen molar-refractivity contribution in [2.24, 2.45) is 12.0 Å². The second-order valence-corrected chi connectivity index (χ2v) is 7.49. The molecule has 1 aliphatic rings. The van der Waals surface area contributed by atoms with Crippen molar-refractivity contribution >= 4 is 29.9 Å². The highest BCUT2D eigenvalue weighted by Crippen LogP contribution is 2.48. The first-order valence-electron chi connectivity index (χ1n) is 9.30. The normalized spacial score (nSPS) is 16.4. The van der Waals surface area contributed by atoms with Crippen molar-refractivity contribution in [3.63, 3.8) is 0 Å². The van der Waals surface area contributed by atoms with E-state index in [4.69, 9.17) is 0 Å². The molecular formula is C20H30FIN6. The summed E-state index contributed by atoms with van der Waals surface area (Å²) >= 11 is 0. The molecule has 6 nitrogen and oxygen atoms in total. The van der Waals surface area contributed by atoms with Gasteiger partial charge in [-0.2, -0.15) is 5.10 Å². The summed E-state index contributed by atoms with van der Waals surface area (Å²) in [5.74, 6) is 0.609. The Labute approximate surface area is 183 Å². The highest BCUT2D eigenvalue weighted by molar-refractivity contribution is 14.0. The first-order valence-corrected chi connectivity index (χ1v) is 9.30. The number of aromatic nitrogens is 2. The van der Waals surface area contributed by atoms with E-state index in [9.17, 15) is 4.39 Å². The van der Waals surface area contributed by atoms with Crippen LogP contribution in [0.5, 0.6) is 0 Å². The van der Waals surface area contributed by atoms with E-state index in [0.717, 1.165) is 29.9 Å². The fraction of sp³-hybridized carbons (Fsp3) is 0.500. The highest BCUT2D eigenvalue weighted by Gasteiger charge is 2.45.